The summed E-state index contributed by atoms with van der Waals surface area (Å²) in [6.45, 7) is 0. The third-order valence-corrected chi connectivity index (χ3v) is 3.09. The summed E-state index contributed by atoms with van der Waals surface area (Å²) in [5.74, 6) is 0. The van der Waals surface area contributed by atoms with Crippen LogP contribution in [0.15, 0.2) is 43.2 Å². The summed E-state index contributed by atoms with van der Waals surface area (Å²) in [5.41, 5.74) is 5.37. The van der Waals surface area contributed by atoms with E-state index in [2.05, 4.69) is 29.9 Å². The van der Waals surface area contributed by atoms with Crippen molar-refractivity contribution in [3.8, 4) is 22.6 Å². The molecule has 0 unspecified atom stereocenters. The lowest BCUT2D eigenvalue weighted by Crippen LogP contribution is -1.90. The molecule has 6 nitrogen and oxygen atoms in total. The number of imidazole rings is 1. The third kappa shape index (κ3) is 1.46. The number of aromatic amines is 3. The van der Waals surface area contributed by atoms with Crippen molar-refractivity contribution >= 4 is 11.2 Å². The molecule has 4 aromatic heterocycles. The second kappa shape index (κ2) is 3.81. The van der Waals surface area contributed by atoms with Crippen molar-refractivity contribution in [3.63, 3.8) is 0 Å². The van der Waals surface area contributed by atoms with E-state index >= 15 is 0 Å². The Morgan fingerprint density at radius 2 is 1.89 bits per heavy atom. The van der Waals surface area contributed by atoms with Gasteiger partial charge in [-0.15, -0.1) is 0 Å². The molecule has 0 saturated carbocycles. The summed E-state index contributed by atoms with van der Waals surface area (Å²) < 4.78 is 0. The quantitative estimate of drug-likeness (QED) is 0.510. The highest BCUT2D eigenvalue weighted by molar-refractivity contribution is 5.91. The van der Waals surface area contributed by atoms with Gasteiger partial charge in [0.2, 0.25) is 0 Å². The Bertz CT molecular complexity index is 824. The van der Waals surface area contributed by atoms with E-state index < -0.39 is 0 Å². The fourth-order valence-electron chi connectivity index (χ4n) is 2.24. The first-order valence-electron chi connectivity index (χ1n) is 5.89. The molecular formula is C13H10N6. The third-order valence-electron chi connectivity index (χ3n) is 3.09. The minimum Gasteiger partial charge on any atom is -0.361 e. The van der Waals surface area contributed by atoms with Gasteiger partial charge >= 0.3 is 0 Å². The molecule has 0 atom stereocenters. The molecule has 0 aliphatic heterocycles. The molecule has 4 rings (SSSR count). The van der Waals surface area contributed by atoms with Crippen molar-refractivity contribution in [2.75, 3.05) is 0 Å². The predicted octanol–water partition coefficient (Wildman–Crippen LogP) is 2.34. The molecule has 0 radical (unpaired) electrons. The minimum atomic E-state index is 0.664. The van der Waals surface area contributed by atoms with Crippen molar-refractivity contribution < 1.29 is 0 Å². The summed E-state index contributed by atoms with van der Waals surface area (Å²) in [6.07, 6.45) is 6.95. The molecule has 92 valence electrons. The Hall–Kier alpha value is -2.89. The SMILES string of the molecule is c1c[nH]c(-c2cc[nH]c2-c2ncnc3nc[nH]c23)c1. The molecule has 0 aliphatic carbocycles. The molecule has 4 heterocycles. The van der Waals surface area contributed by atoms with Crippen LogP contribution in [0, 0.1) is 0 Å². The molecule has 0 saturated heterocycles. The molecule has 0 amide bonds. The summed E-state index contributed by atoms with van der Waals surface area (Å²) in [6, 6.07) is 6.02. The van der Waals surface area contributed by atoms with E-state index in [0.717, 1.165) is 28.2 Å². The van der Waals surface area contributed by atoms with Gasteiger partial charge in [0.25, 0.3) is 0 Å². The zero-order chi connectivity index (χ0) is 12.7. The zero-order valence-corrected chi connectivity index (χ0v) is 9.88. The Kier molecular flexibility index (Phi) is 2.02. The highest BCUT2D eigenvalue weighted by atomic mass is 15.0. The van der Waals surface area contributed by atoms with Gasteiger partial charge in [-0.05, 0) is 18.2 Å². The average Bonchev–Trinajstić information content (AvgIpc) is 3.18. The van der Waals surface area contributed by atoms with E-state index in [1.54, 1.807) is 6.33 Å². The van der Waals surface area contributed by atoms with Gasteiger partial charge in [-0.1, -0.05) is 0 Å². The smallest absolute Gasteiger partial charge is 0.181 e. The van der Waals surface area contributed by atoms with Gasteiger partial charge in [0.1, 0.15) is 17.5 Å². The number of hydrogen-bond acceptors (Lipinski definition) is 3. The maximum absolute atomic E-state index is 4.36. The van der Waals surface area contributed by atoms with Crippen LogP contribution in [-0.2, 0) is 0 Å². The van der Waals surface area contributed by atoms with Gasteiger partial charge < -0.3 is 15.0 Å². The van der Waals surface area contributed by atoms with Gasteiger partial charge in [-0.2, -0.15) is 0 Å². The van der Waals surface area contributed by atoms with Crippen LogP contribution in [0.5, 0.6) is 0 Å². The fourth-order valence-corrected chi connectivity index (χ4v) is 2.24. The second-order valence-corrected chi connectivity index (χ2v) is 4.17. The molecule has 6 heteroatoms. The number of rotatable bonds is 2. The standard InChI is InChI=1S/C13H10N6/c1-2-9(14-4-1)8-3-5-15-10(8)11-12-13(18-6-16-11)19-7-17-12/h1-7,14-15H,(H,16,17,18,19). The Balaban J connectivity index is 1.99. The number of hydrogen-bond donors (Lipinski definition) is 3. The highest BCUT2D eigenvalue weighted by Gasteiger charge is 2.14. The summed E-state index contributed by atoms with van der Waals surface area (Å²) >= 11 is 0. The lowest BCUT2D eigenvalue weighted by atomic mass is 10.1. The van der Waals surface area contributed by atoms with Gasteiger partial charge in [-0.25, -0.2) is 15.0 Å². The maximum Gasteiger partial charge on any atom is 0.181 e. The van der Waals surface area contributed by atoms with Crippen molar-refractivity contribution in [2.45, 2.75) is 0 Å². The number of fused-ring (bicyclic) bond motifs is 1. The van der Waals surface area contributed by atoms with Crippen LogP contribution < -0.4 is 0 Å². The van der Waals surface area contributed by atoms with Crippen molar-refractivity contribution in [2.24, 2.45) is 0 Å². The van der Waals surface area contributed by atoms with Crippen LogP contribution in [0.3, 0.4) is 0 Å². The molecule has 19 heavy (non-hydrogen) atoms. The second-order valence-electron chi connectivity index (χ2n) is 4.17. The topological polar surface area (TPSA) is 86.0 Å². The van der Waals surface area contributed by atoms with E-state index in [9.17, 15) is 0 Å². The molecule has 0 spiro atoms. The van der Waals surface area contributed by atoms with E-state index in [-0.39, 0.29) is 0 Å². The van der Waals surface area contributed by atoms with Gasteiger partial charge in [0.05, 0.1) is 12.0 Å². The van der Waals surface area contributed by atoms with Crippen LogP contribution in [0.25, 0.3) is 33.8 Å². The van der Waals surface area contributed by atoms with Gasteiger partial charge in [0, 0.05) is 23.7 Å². The van der Waals surface area contributed by atoms with Crippen LogP contribution in [0.2, 0.25) is 0 Å². The molecule has 0 aromatic carbocycles. The molecule has 0 fully saturated rings. The minimum absolute atomic E-state index is 0.664. The Morgan fingerprint density at radius 1 is 0.895 bits per heavy atom. The number of nitrogens with zero attached hydrogens (tertiary/aromatic N) is 3. The lowest BCUT2D eigenvalue weighted by Gasteiger charge is -2.02. The van der Waals surface area contributed by atoms with E-state index in [1.807, 2.05) is 30.6 Å². The molecule has 0 aliphatic rings. The molecule has 4 aromatic rings. The summed E-state index contributed by atoms with van der Waals surface area (Å²) in [4.78, 5) is 22.2. The van der Waals surface area contributed by atoms with Crippen LogP contribution >= 0.6 is 0 Å². The van der Waals surface area contributed by atoms with Gasteiger partial charge in [0.15, 0.2) is 5.65 Å². The van der Waals surface area contributed by atoms with Crippen molar-refractivity contribution in [1.82, 2.24) is 29.9 Å². The summed E-state index contributed by atoms with van der Waals surface area (Å²) in [5, 5.41) is 0. The predicted molar refractivity (Wildman–Crippen MR) is 71.3 cm³/mol. The monoisotopic (exact) mass is 250 g/mol. The average molecular weight is 250 g/mol. The van der Waals surface area contributed by atoms with Crippen molar-refractivity contribution in [1.29, 1.82) is 0 Å². The largest absolute Gasteiger partial charge is 0.361 e. The zero-order valence-electron chi connectivity index (χ0n) is 9.88. The number of aromatic nitrogens is 6. The lowest BCUT2D eigenvalue weighted by molar-refractivity contribution is 1.19. The van der Waals surface area contributed by atoms with Crippen LogP contribution in [0.1, 0.15) is 0 Å². The van der Waals surface area contributed by atoms with Crippen LogP contribution in [-0.4, -0.2) is 29.9 Å². The Labute approximate surface area is 108 Å². The molecule has 0 bridgehead atoms. The fraction of sp³-hybridized carbons (Fsp3) is 0. The van der Waals surface area contributed by atoms with Crippen molar-refractivity contribution in [3.05, 3.63) is 43.2 Å². The first-order chi connectivity index (χ1) is 9.43. The normalized spacial score (nSPS) is 11.2. The van der Waals surface area contributed by atoms with E-state index in [1.165, 1.54) is 6.33 Å². The van der Waals surface area contributed by atoms with Crippen LogP contribution in [0.4, 0.5) is 0 Å². The van der Waals surface area contributed by atoms with E-state index in [0.29, 0.717) is 5.65 Å². The van der Waals surface area contributed by atoms with E-state index in [4.69, 9.17) is 0 Å². The summed E-state index contributed by atoms with van der Waals surface area (Å²) in [7, 11) is 0. The maximum atomic E-state index is 4.36. The van der Waals surface area contributed by atoms with Gasteiger partial charge in [-0.3, -0.25) is 0 Å². The molecular weight excluding hydrogens is 240 g/mol. The first-order valence-corrected chi connectivity index (χ1v) is 5.89. The number of H-pyrrole nitrogens is 3. The first kappa shape index (κ1) is 10.1. The Morgan fingerprint density at radius 3 is 2.79 bits per heavy atom. The molecule has 3 N–H and O–H groups in total. The highest BCUT2D eigenvalue weighted by Crippen LogP contribution is 2.31. The number of nitrogens with one attached hydrogen (secondary N) is 3.